The molecule has 0 amide bonds. The van der Waals surface area contributed by atoms with Crippen molar-refractivity contribution in [3.8, 4) is 5.75 Å². The number of nitrogens with two attached hydrogens (primary N) is 1. The number of hydrogen-bond donors (Lipinski definition) is 1. The predicted molar refractivity (Wildman–Crippen MR) is 48.9 cm³/mol. The van der Waals surface area contributed by atoms with E-state index in [4.69, 9.17) is 5.73 Å². The highest BCUT2D eigenvalue weighted by Gasteiger charge is 2.30. The normalized spacial score (nSPS) is 10.1. The molecule has 0 saturated carbocycles. The number of halogens is 3. The summed E-state index contributed by atoms with van der Waals surface area (Å²) in [7, 11) is 0. The molecule has 0 aliphatic rings. The summed E-state index contributed by atoms with van der Waals surface area (Å²) in [6.07, 6.45) is -4.66. The molecule has 0 radical (unpaired) electrons. The van der Waals surface area contributed by atoms with E-state index in [1.165, 1.54) is 18.2 Å². The van der Waals surface area contributed by atoms with Crippen molar-refractivity contribution in [2.24, 2.45) is 0 Å². The standard InChI is InChI=1S/C7H6F3NO.C2H6/c8-7(9,10)12-6-3-1-2-5(11)4-6;1-2/h1-4H,11H2;1-2H3. The fourth-order valence-electron chi connectivity index (χ4n) is 0.712. The average Bonchev–Trinajstić information content (AvgIpc) is 2.04. The molecule has 1 rings (SSSR count). The van der Waals surface area contributed by atoms with Gasteiger partial charge in [0, 0.05) is 11.8 Å². The second-order valence-electron chi connectivity index (χ2n) is 2.12. The van der Waals surface area contributed by atoms with Crippen LogP contribution in [-0.2, 0) is 0 Å². The van der Waals surface area contributed by atoms with Crippen LogP contribution >= 0.6 is 0 Å². The van der Waals surface area contributed by atoms with E-state index in [9.17, 15) is 13.2 Å². The molecule has 0 unspecified atom stereocenters. The third kappa shape index (κ3) is 5.29. The number of benzene rings is 1. The van der Waals surface area contributed by atoms with Crippen molar-refractivity contribution in [2.75, 3.05) is 5.73 Å². The molecule has 0 fully saturated rings. The van der Waals surface area contributed by atoms with Crippen molar-refractivity contribution < 1.29 is 17.9 Å². The molecular weight excluding hydrogens is 195 g/mol. The van der Waals surface area contributed by atoms with Crippen molar-refractivity contribution in [1.29, 1.82) is 0 Å². The topological polar surface area (TPSA) is 35.2 Å². The Kier molecular flexibility index (Phi) is 4.83. The number of hydrogen-bond acceptors (Lipinski definition) is 2. The van der Waals surface area contributed by atoms with E-state index < -0.39 is 6.36 Å². The van der Waals surface area contributed by atoms with Crippen LogP contribution in [0.4, 0.5) is 18.9 Å². The average molecular weight is 207 g/mol. The number of alkyl halides is 3. The lowest BCUT2D eigenvalue weighted by molar-refractivity contribution is -0.274. The van der Waals surface area contributed by atoms with E-state index in [-0.39, 0.29) is 11.4 Å². The van der Waals surface area contributed by atoms with Gasteiger partial charge in [-0.05, 0) is 12.1 Å². The minimum Gasteiger partial charge on any atom is -0.406 e. The molecule has 0 aliphatic carbocycles. The van der Waals surface area contributed by atoms with E-state index in [0.29, 0.717) is 0 Å². The Hall–Kier alpha value is -1.39. The molecule has 5 heteroatoms. The zero-order valence-electron chi connectivity index (χ0n) is 7.93. The molecule has 0 bridgehead atoms. The van der Waals surface area contributed by atoms with Gasteiger partial charge in [-0.25, -0.2) is 0 Å². The van der Waals surface area contributed by atoms with Gasteiger partial charge in [-0.2, -0.15) is 0 Å². The zero-order valence-corrected chi connectivity index (χ0v) is 7.93. The van der Waals surface area contributed by atoms with Crippen LogP contribution in [-0.4, -0.2) is 6.36 Å². The monoisotopic (exact) mass is 207 g/mol. The number of rotatable bonds is 1. The summed E-state index contributed by atoms with van der Waals surface area (Å²) in [5.41, 5.74) is 5.46. The maximum absolute atomic E-state index is 11.6. The first kappa shape index (κ1) is 12.6. The lowest BCUT2D eigenvalue weighted by Gasteiger charge is -2.08. The van der Waals surface area contributed by atoms with Gasteiger partial charge in [-0.3, -0.25) is 0 Å². The predicted octanol–water partition coefficient (Wildman–Crippen LogP) is 3.19. The molecule has 0 spiro atoms. The molecule has 0 aliphatic heterocycles. The summed E-state index contributed by atoms with van der Waals surface area (Å²) in [5.74, 6) is -0.303. The van der Waals surface area contributed by atoms with Gasteiger partial charge in [0.1, 0.15) is 5.75 Å². The molecule has 0 atom stereocenters. The quantitative estimate of drug-likeness (QED) is 0.717. The Balaban J connectivity index is 0.000000791. The molecular formula is C9H12F3NO. The van der Waals surface area contributed by atoms with Crippen LogP contribution in [0.25, 0.3) is 0 Å². The first-order chi connectivity index (χ1) is 6.47. The molecule has 2 N–H and O–H groups in total. The minimum absolute atomic E-state index is 0.233. The summed E-state index contributed by atoms with van der Waals surface area (Å²) in [6, 6.07) is 5.15. The van der Waals surface area contributed by atoms with Crippen LogP contribution in [0.15, 0.2) is 24.3 Å². The van der Waals surface area contributed by atoms with Gasteiger partial charge < -0.3 is 10.5 Å². The summed E-state index contributed by atoms with van der Waals surface area (Å²) in [6.45, 7) is 4.00. The van der Waals surface area contributed by atoms with Crippen LogP contribution in [0.3, 0.4) is 0 Å². The molecule has 1 aromatic carbocycles. The van der Waals surface area contributed by atoms with Crippen molar-refractivity contribution >= 4 is 5.69 Å². The van der Waals surface area contributed by atoms with Crippen molar-refractivity contribution in [2.45, 2.75) is 20.2 Å². The Morgan fingerprint density at radius 3 is 2.21 bits per heavy atom. The molecule has 0 heterocycles. The third-order valence-electron chi connectivity index (χ3n) is 1.09. The highest BCUT2D eigenvalue weighted by Crippen LogP contribution is 2.23. The molecule has 80 valence electrons. The van der Waals surface area contributed by atoms with Gasteiger partial charge >= 0.3 is 6.36 Å². The third-order valence-corrected chi connectivity index (χ3v) is 1.09. The first-order valence-corrected chi connectivity index (χ1v) is 4.09. The Bertz CT molecular complexity index is 273. The van der Waals surface area contributed by atoms with Gasteiger partial charge in [-0.15, -0.1) is 13.2 Å². The summed E-state index contributed by atoms with van der Waals surface area (Å²) in [5, 5.41) is 0. The fourth-order valence-corrected chi connectivity index (χ4v) is 0.712. The van der Waals surface area contributed by atoms with Crippen molar-refractivity contribution in [3.05, 3.63) is 24.3 Å². The Morgan fingerprint density at radius 2 is 1.79 bits per heavy atom. The maximum Gasteiger partial charge on any atom is 0.573 e. The lowest BCUT2D eigenvalue weighted by atomic mass is 10.3. The van der Waals surface area contributed by atoms with Crippen LogP contribution in [0.1, 0.15) is 13.8 Å². The zero-order chi connectivity index (χ0) is 11.2. The highest BCUT2D eigenvalue weighted by molar-refractivity contribution is 5.43. The first-order valence-electron chi connectivity index (χ1n) is 4.09. The van der Waals surface area contributed by atoms with E-state index in [1.54, 1.807) is 0 Å². The number of anilines is 1. The largest absolute Gasteiger partial charge is 0.573 e. The second-order valence-corrected chi connectivity index (χ2v) is 2.12. The minimum atomic E-state index is -4.66. The van der Waals surface area contributed by atoms with Crippen LogP contribution in [0.5, 0.6) is 5.75 Å². The van der Waals surface area contributed by atoms with Crippen molar-refractivity contribution in [3.63, 3.8) is 0 Å². The Morgan fingerprint density at radius 1 is 1.21 bits per heavy atom. The van der Waals surface area contributed by atoms with Gasteiger partial charge in [0.25, 0.3) is 0 Å². The van der Waals surface area contributed by atoms with Crippen LogP contribution < -0.4 is 10.5 Å². The van der Waals surface area contributed by atoms with E-state index >= 15 is 0 Å². The van der Waals surface area contributed by atoms with Crippen LogP contribution in [0.2, 0.25) is 0 Å². The molecule has 2 nitrogen and oxygen atoms in total. The molecule has 0 aromatic heterocycles. The van der Waals surface area contributed by atoms with Crippen LogP contribution in [0, 0.1) is 0 Å². The number of nitrogen functional groups attached to an aromatic ring is 1. The maximum atomic E-state index is 11.6. The second kappa shape index (κ2) is 5.36. The van der Waals surface area contributed by atoms with Gasteiger partial charge in [0.05, 0.1) is 0 Å². The molecule has 14 heavy (non-hydrogen) atoms. The van der Waals surface area contributed by atoms with E-state index in [0.717, 1.165) is 6.07 Å². The smallest absolute Gasteiger partial charge is 0.406 e. The van der Waals surface area contributed by atoms with Gasteiger partial charge in [0.15, 0.2) is 0 Å². The Labute approximate surface area is 80.5 Å². The SMILES string of the molecule is CC.Nc1cccc(OC(F)(F)F)c1. The van der Waals surface area contributed by atoms with E-state index in [2.05, 4.69) is 4.74 Å². The molecule has 0 saturated heterocycles. The fraction of sp³-hybridized carbons (Fsp3) is 0.333. The summed E-state index contributed by atoms with van der Waals surface area (Å²) < 4.78 is 38.4. The van der Waals surface area contributed by atoms with E-state index in [1.807, 2.05) is 13.8 Å². The number of ether oxygens (including phenoxy) is 1. The van der Waals surface area contributed by atoms with Gasteiger partial charge in [0.2, 0.25) is 0 Å². The highest BCUT2D eigenvalue weighted by atomic mass is 19.4. The molecule has 1 aromatic rings. The lowest BCUT2D eigenvalue weighted by Crippen LogP contribution is -2.17. The van der Waals surface area contributed by atoms with Crippen molar-refractivity contribution in [1.82, 2.24) is 0 Å². The van der Waals surface area contributed by atoms with Gasteiger partial charge in [-0.1, -0.05) is 19.9 Å². The summed E-state index contributed by atoms with van der Waals surface area (Å²) in [4.78, 5) is 0. The summed E-state index contributed by atoms with van der Waals surface area (Å²) >= 11 is 0.